The van der Waals surface area contributed by atoms with Gasteiger partial charge in [-0.15, -0.1) is 0 Å². The van der Waals surface area contributed by atoms with E-state index in [4.69, 9.17) is 5.26 Å². The number of carbonyl (C=O) groups excluding carboxylic acids is 2. The van der Waals surface area contributed by atoms with Gasteiger partial charge in [0.25, 0.3) is 11.1 Å². The Morgan fingerprint density at radius 1 is 1.33 bits per heavy atom. The van der Waals surface area contributed by atoms with E-state index in [0.717, 1.165) is 17.3 Å². The molecular formula is C13H10N2O2S. The van der Waals surface area contributed by atoms with E-state index in [1.54, 1.807) is 37.3 Å². The van der Waals surface area contributed by atoms with Crippen molar-refractivity contribution in [1.29, 1.82) is 5.26 Å². The van der Waals surface area contributed by atoms with Gasteiger partial charge in [-0.2, -0.15) is 5.26 Å². The number of likely N-dealkylation sites (N-methyl/N-ethyl adjacent to an activating group) is 1. The van der Waals surface area contributed by atoms with Gasteiger partial charge < -0.3 is 0 Å². The summed E-state index contributed by atoms with van der Waals surface area (Å²) in [6, 6.07) is 8.87. The number of amides is 2. The summed E-state index contributed by atoms with van der Waals surface area (Å²) in [6.07, 6.45) is 1.67. The zero-order valence-corrected chi connectivity index (χ0v) is 10.5. The number of thioether (sulfide) groups is 1. The van der Waals surface area contributed by atoms with Crippen molar-refractivity contribution in [3.8, 4) is 6.07 Å². The molecule has 2 amide bonds. The molecule has 0 unspecified atom stereocenters. The maximum absolute atomic E-state index is 11.8. The Kier molecular flexibility index (Phi) is 3.49. The van der Waals surface area contributed by atoms with Crippen LogP contribution in [0.5, 0.6) is 0 Å². The van der Waals surface area contributed by atoms with Crippen LogP contribution in [-0.2, 0) is 4.79 Å². The minimum atomic E-state index is -0.253. The zero-order valence-electron chi connectivity index (χ0n) is 9.71. The van der Waals surface area contributed by atoms with E-state index in [2.05, 4.69) is 0 Å². The summed E-state index contributed by atoms with van der Waals surface area (Å²) in [5.41, 5.74) is 1.37. The van der Waals surface area contributed by atoms with Gasteiger partial charge in [0.1, 0.15) is 0 Å². The highest BCUT2D eigenvalue weighted by Gasteiger charge is 2.33. The SMILES string of the molecule is CCN1C(=O)S/C(=C/c2ccc(C#N)cc2)C1=O. The van der Waals surface area contributed by atoms with Crippen molar-refractivity contribution in [2.24, 2.45) is 0 Å². The molecule has 0 saturated carbocycles. The van der Waals surface area contributed by atoms with Crippen molar-refractivity contribution in [3.05, 3.63) is 40.3 Å². The first-order chi connectivity index (χ1) is 8.65. The monoisotopic (exact) mass is 258 g/mol. The van der Waals surface area contributed by atoms with Crippen LogP contribution < -0.4 is 0 Å². The topological polar surface area (TPSA) is 61.2 Å². The van der Waals surface area contributed by atoms with E-state index in [-0.39, 0.29) is 11.1 Å². The van der Waals surface area contributed by atoms with Gasteiger partial charge in [0.15, 0.2) is 0 Å². The van der Waals surface area contributed by atoms with Gasteiger partial charge in [-0.1, -0.05) is 12.1 Å². The fourth-order valence-corrected chi connectivity index (χ4v) is 2.48. The van der Waals surface area contributed by atoms with E-state index in [1.165, 1.54) is 4.90 Å². The van der Waals surface area contributed by atoms with Gasteiger partial charge in [0.05, 0.1) is 16.5 Å². The Morgan fingerprint density at radius 2 is 2.00 bits per heavy atom. The summed E-state index contributed by atoms with van der Waals surface area (Å²) < 4.78 is 0. The third-order valence-corrected chi connectivity index (χ3v) is 3.43. The van der Waals surface area contributed by atoms with Crippen molar-refractivity contribution in [2.45, 2.75) is 6.92 Å². The lowest BCUT2D eigenvalue weighted by Crippen LogP contribution is -2.27. The Balaban J connectivity index is 2.26. The van der Waals surface area contributed by atoms with Gasteiger partial charge in [-0.3, -0.25) is 14.5 Å². The van der Waals surface area contributed by atoms with Gasteiger partial charge in [-0.25, -0.2) is 0 Å². The molecular weight excluding hydrogens is 248 g/mol. The molecule has 1 aromatic rings. The molecule has 2 rings (SSSR count). The molecule has 0 aromatic heterocycles. The second kappa shape index (κ2) is 5.07. The van der Waals surface area contributed by atoms with Crippen LogP contribution in [0.3, 0.4) is 0 Å². The van der Waals surface area contributed by atoms with E-state index < -0.39 is 0 Å². The van der Waals surface area contributed by atoms with Crippen LogP contribution in [0.1, 0.15) is 18.1 Å². The fraction of sp³-hybridized carbons (Fsp3) is 0.154. The highest BCUT2D eigenvalue weighted by molar-refractivity contribution is 8.18. The Hall–Kier alpha value is -2.06. The van der Waals surface area contributed by atoms with Crippen LogP contribution in [-0.4, -0.2) is 22.6 Å². The van der Waals surface area contributed by atoms with Gasteiger partial charge >= 0.3 is 0 Å². The normalized spacial score (nSPS) is 17.3. The lowest BCUT2D eigenvalue weighted by molar-refractivity contribution is -0.122. The van der Waals surface area contributed by atoms with Crippen LogP contribution in [0.4, 0.5) is 4.79 Å². The number of rotatable bonds is 2. The number of imide groups is 1. The van der Waals surface area contributed by atoms with E-state index >= 15 is 0 Å². The predicted molar refractivity (Wildman–Crippen MR) is 69.5 cm³/mol. The van der Waals surface area contributed by atoms with Gasteiger partial charge in [0.2, 0.25) is 0 Å². The first-order valence-electron chi connectivity index (χ1n) is 5.41. The van der Waals surface area contributed by atoms with Crippen LogP contribution in [0.25, 0.3) is 6.08 Å². The molecule has 0 atom stereocenters. The van der Waals surface area contributed by atoms with Gasteiger partial charge in [-0.05, 0) is 42.5 Å². The van der Waals surface area contributed by atoms with Gasteiger partial charge in [0, 0.05) is 6.54 Å². The number of hydrogen-bond acceptors (Lipinski definition) is 4. The number of hydrogen-bond donors (Lipinski definition) is 0. The van der Waals surface area contributed by atoms with Crippen molar-refractivity contribution in [3.63, 3.8) is 0 Å². The molecule has 1 heterocycles. The molecule has 0 spiro atoms. The van der Waals surface area contributed by atoms with Crippen LogP contribution in [0, 0.1) is 11.3 Å². The number of carbonyl (C=O) groups is 2. The Bertz CT molecular complexity index is 570. The summed E-state index contributed by atoms with van der Waals surface area (Å²) in [7, 11) is 0. The second-order valence-corrected chi connectivity index (χ2v) is 4.65. The molecule has 0 aliphatic carbocycles. The molecule has 90 valence electrons. The van der Waals surface area contributed by atoms with E-state index in [1.807, 2.05) is 6.07 Å². The van der Waals surface area contributed by atoms with Crippen LogP contribution >= 0.6 is 11.8 Å². The van der Waals surface area contributed by atoms with E-state index in [0.29, 0.717) is 17.0 Å². The van der Waals surface area contributed by atoms with Crippen LogP contribution in [0.15, 0.2) is 29.2 Å². The lowest BCUT2D eigenvalue weighted by Gasteiger charge is -2.06. The number of nitrogens with zero attached hydrogens (tertiary/aromatic N) is 2. The minimum Gasteiger partial charge on any atom is -0.269 e. The molecule has 5 heteroatoms. The average Bonchev–Trinajstić information content (AvgIpc) is 2.65. The molecule has 18 heavy (non-hydrogen) atoms. The predicted octanol–water partition coefficient (Wildman–Crippen LogP) is 2.61. The largest absolute Gasteiger partial charge is 0.293 e. The lowest BCUT2D eigenvalue weighted by atomic mass is 10.1. The smallest absolute Gasteiger partial charge is 0.269 e. The Labute approximate surface area is 109 Å². The minimum absolute atomic E-state index is 0.234. The number of benzene rings is 1. The maximum Gasteiger partial charge on any atom is 0.293 e. The Morgan fingerprint density at radius 3 is 2.50 bits per heavy atom. The summed E-state index contributed by atoms with van der Waals surface area (Å²) in [5, 5.41) is 8.45. The average molecular weight is 258 g/mol. The second-order valence-electron chi connectivity index (χ2n) is 3.66. The molecule has 1 aliphatic heterocycles. The highest BCUT2D eigenvalue weighted by atomic mass is 32.2. The standard InChI is InChI=1S/C13H10N2O2S/c1-2-15-12(16)11(18-13(15)17)7-9-3-5-10(8-14)6-4-9/h3-7H,2H2,1H3/b11-7+. The third kappa shape index (κ3) is 2.29. The molecule has 1 saturated heterocycles. The molecule has 1 fully saturated rings. The molecule has 1 aliphatic rings. The first-order valence-corrected chi connectivity index (χ1v) is 6.23. The summed E-state index contributed by atoms with van der Waals surface area (Å²) in [6.45, 7) is 2.15. The molecule has 1 aromatic carbocycles. The molecule has 4 nitrogen and oxygen atoms in total. The zero-order chi connectivity index (χ0) is 13.1. The van der Waals surface area contributed by atoms with Crippen molar-refractivity contribution >= 4 is 29.0 Å². The summed E-state index contributed by atoms with van der Waals surface area (Å²) in [4.78, 5) is 25.0. The van der Waals surface area contributed by atoms with E-state index in [9.17, 15) is 9.59 Å². The highest BCUT2D eigenvalue weighted by Crippen LogP contribution is 2.31. The summed E-state index contributed by atoms with van der Waals surface area (Å²) in [5.74, 6) is -0.253. The van der Waals surface area contributed by atoms with Crippen molar-refractivity contribution in [2.75, 3.05) is 6.54 Å². The quantitative estimate of drug-likeness (QED) is 0.765. The van der Waals surface area contributed by atoms with Crippen molar-refractivity contribution < 1.29 is 9.59 Å². The molecule has 0 bridgehead atoms. The number of nitriles is 1. The molecule has 0 N–H and O–H groups in total. The summed E-state index contributed by atoms with van der Waals surface area (Å²) >= 11 is 0.945. The molecule has 0 radical (unpaired) electrons. The van der Waals surface area contributed by atoms with Crippen molar-refractivity contribution in [1.82, 2.24) is 4.90 Å². The first kappa shape index (κ1) is 12.4. The van der Waals surface area contributed by atoms with Crippen LogP contribution in [0.2, 0.25) is 0 Å². The maximum atomic E-state index is 11.8. The third-order valence-electron chi connectivity index (χ3n) is 2.53. The fourth-order valence-electron chi connectivity index (χ4n) is 1.58.